The molecular weight excluding hydrogens is 337 g/mol. The Morgan fingerprint density at radius 2 is 2.12 bits per heavy atom. The van der Waals surface area contributed by atoms with Gasteiger partial charge in [-0.25, -0.2) is 14.4 Å². The van der Waals surface area contributed by atoms with Crippen LogP contribution in [0.15, 0.2) is 30.6 Å². The van der Waals surface area contributed by atoms with E-state index in [1.54, 1.807) is 30.1 Å². The zero-order chi connectivity index (χ0) is 18.1. The number of nitrogens with zero attached hydrogens (tertiary/aromatic N) is 4. The van der Waals surface area contributed by atoms with Crippen LogP contribution in [0.3, 0.4) is 0 Å². The highest BCUT2D eigenvalue weighted by Gasteiger charge is 2.30. The van der Waals surface area contributed by atoms with Crippen molar-refractivity contribution >= 4 is 23.2 Å². The van der Waals surface area contributed by atoms with E-state index in [1.165, 1.54) is 17.3 Å². The van der Waals surface area contributed by atoms with Crippen molar-refractivity contribution in [2.24, 2.45) is 0 Å². The molecule has 1 N–H and O–H groups in total. The number of hydrogen-bond donors (Lipinski definition) is 1. The molecule has 0 aliphatic carbocycles. The lowest BCUT2D eigenvalue weighted by atomic mass is 10.2. The Labute approximate surface area is 150 Å². The average Bonchev–Trinajstić information content (AvgIpc) is 3.09. The maximum absolute atomic E-state index is 14.3. The molecule has 26 heavy (non-hydrogen) atoms. The summed E-state index contributed by atoms with van der Waals surface area (Å²) in [5, 5.41) is 3.38. The Balaban J connectivity index is 1.73. The average molecular weight is 357 g/mol. The largest absolute Gasteiger partial charge is 0.379 e. The molecule has 1 aromatic heterocycles. The molecule has 0 bridgehead atoms. The Morgan fingerprint density at radius 3 is 2.88 bits per heavy atom. The van der Waals surface area contributed by atoms with E-state index < -0.39 is 5.82 Å². The zero-order valence-corrected chi connectivity index (χ0v) is 14.5. The van der Waals surface area contributed by atoms with Crippen molar-refractivity contribution in [2.75, 3.05) is 41.9 Å². The number of fused-ring (bicyclic) bond motifs is 1. The molecule has 0 saturated carbocycles. The van der Waals surface area contributed by atoms with Crippen LogP contribution in [0.25, 0.3) is 0 Å². The van der Waals surface area contributed by atoms with Crippen LogP contribution in [0.5, 0.6) is 0 Å². The van der Waals surface area contributed by atoms with E-state index in [-0.39, 0.29) is 30.7 Å². The number of aromatic nitrogens is 2. The molecule has 136 valence electrons. The van der Waals surface area contributed by atoms with Crippen LogP contribution < -0.4 is 15.1 Å². The lowest BCUT2D eigenvalue weighted by molar-refractivity contribution is -0.117. The fourth-order valence-corrected chi connectivity index (χ4v) is 3.34. The number of para-hydroxylation sites is 1. The van der Waals surface area contributed by atoms with Crippen molar-refractivity contribution in [3.8, 4) is 0 Å². The minimum atomic E-state index is -0.428. The highest BCUT2D eigenvalue weighted by molar-refractivity contribution is 5.98. The molecule has 1 fully saturated rings. The molecular formula is C18H20FN5O2. The van der Waals surface area contributed by atoms with Crippen LogP contribution >= 0.6 is 0 Å². The van der Waals surface area contributed by atoms with Crippen molar-refractivity contribution < 1.29 is 13.9 Å². The minimum Gasteiger partial charge on any atom is -0.379 e. The Bertz CT molecular complexity index is 825. The number of hydrogen-bond acceptors (Lipinski definition) is 6. The number of carbonyl (C=O) groups excluding carboxylic acids is 1. The van der Waals surface area contributed by atoms with E-state index >= 15 is 0 Å². The van der Waals surface area contributed by atoms with Gasteiger partial charge in [-0.1, -0.05) is 12.1 Å². The van der Waals surface area contributed by atoms with Crippen LogP contribution in [-0.2, 0) is 16.1 Å². The van der Waals surface area contributed by atoms with Gasteiger partial charge >= 0.3 is 0 Å². The van der Waals surface area contributed by atoms with Gasteiger partial charge in [0.1, 0.15) is 23.8 Å². The Kier molecular flexibility index (Phi) is 4.42. The van der Waals surface area contributed by atoms with Crippen molar-refractivity contribution in [1.82, 2.24) is 9.97 Å². The summed E-state index contributed by atoms with van der Waals surface area (Å²) in [5.41, 5.74) is 1.04. The first-order chi connectivity index (χ1) is 12.6. The number of halogens is 1. The number of ether oxygens (including phenoxy) is 1. The topological polar surface area (TPSA) is 70.6 Å². The maximum Gasteiger partial charge on any atom is 0.246 e. The third-order valence-electron chi connectivity index (χ3n) is 4.69. The van der Waals surface area contributed by atoms with E-state index in [9.17, 15) is 9.18 Å². The SMILES string of the molecule is CN1CC(=O)N(c2ccccc2F)Cc2c(NC3CCOC3)ncnc21. The normalized spacial score (nSPS) is 20.1. The summed E-state index contributed by atoms with van der Waals surface area (Å²) in [6, 6.07) is 6.46. The van der Waals surface area contributed by atoms with Gasteiger partial charge < -0.3 is 19.9 Å². The standard InChI is InChI=1S/C18H20FN5O2/c1-23-9-16(25)24(15-5-3-2-4-14(15)19)8-13-17(20-11-21-18(13)23)22-12-6-7-26-10-12/h2-5,11-12H,6-10H2,1H3,(H,20,21,22). The van der Waals surface area contributed by atoms with Crippen molar-refractivity contribution in [3.63, 3.8) is 0 Å². The molecule has 1 atom stereocenters. The monoisotopic (exact) mass is 357 g/mol. The van der Waals surface area contributed by atoms with E-state index in [0.717, 1.165) is 12.0 Å². The highest BCUT2D eigenvalue weighted by atomic mass is 19.1. The van der Waals surface area contributed by atoms with Gasteiger partial charge in [0.15, 0.2) is 0 Å². The Morgan fingerprint density at radius 1 is 1.27 bits per heavy atom. The molecule has 1 saturated heterocycles. The maximum atomic E-state index is 14.3. The van der Waals surface area contributed by atoms with E-state index in [2.05, 4.69) is 15.3 Å². The van der Waals surface area contributed by atoms with Gasteiger partial charge in [0.25, 0.3) is 0 Å². The first-order valence-corrected chi connectivity index (χ1v) is 8.57. The molecule has 2 aliphatic heterocycles. The first kappa shape index (κ1) is 16.7. The number of anilines is 3. The van der Waals surface area contributed by atoms with Gasteiger partial charge in [-0.3, -0.25) is 4.79 Å². The summed E-state index contributed by atoms with van der Waals surface area (Å²) in [4.78, 5) is 24.7. The van der Waals surface area contributed by atoms with E-state index in [4.69, 9.17) is 4.74 Å². The first-order valence-electron chi connectivity index (χ1n) is 8.57. The number of carbonyl (C=O) groups is 1. The van der Waals surface area contributed by atoms with Gasteiger partial charge in [-0.05, 0) is 18.6 Å². The van der Waals surface area contributed by atoms with Crippen molar-refractivity contribution in [3.05, 3.63) is 42.0 Å². The smallest absolute Gasteiger partial charge is 0.246 e. The fourth-order valence-electron chi connectivity index (χ4n) is 3.34. The van der Waals surface area contributed by atoms with E-state index in [0.29, 0.717) is 24.8 Å². The molecule has 0 spiro atoms. The molecule has 1 unspecified atom stereocenters. The molecule has 1 aromatic carbocycles. The number of rotatable bonds is 3. The van der Waals surface area contributed by atoms with Crippen LogP contribution in [-0.4, -0.2) is 48.7 Å². The van der Waals surface area contributed by atoms with E-state index in [1.807, 2.05) is 0 Å². The van der Waals surface area contributed by atoms with Gasteiger partial charge in [0, 0.05) is 13.7 Å². The fraction of sp³-hybridized carbons (Fsp3) is 0.389. The van der Waals surface area contributed by atoms with Gasteiger partial charge in [0.2, 0.25) is 5.91 Å². The molecule has 2 aliphatic rings. The number of nitrogens with one attached hydrogen (secondary N) is 1. The molecule has 7 nitrogen and oxygen atoms in total. The number of amides is 1. The lowest BCUT2D eigenvalue weighted by Crippen LogP contribution is -2.36. The molecule has 8 heteroatoms. The number of likely N-dealkylation sites (N-methyl/N-ethyl adjacent to an activating group) is 1. The van der Waals surface area contributed by atoms with Crippen LogP contribution in [0.4, 0.5) is 21.7 Å². The Hall–Kier alpha value is -2.74. The number of benzene rings is 1. The summed E-state index contributed by atoms with van der Waals surface area (Å²) >= 11 is 0. The quantitative estimate of drug-likeness (QED) is 0.903. The predicted molar refractivity (Wildman–Crippen MR) is 95.7 cm³/mol. The van der Waals surface area contributed by atoms with Crippen LogP contribution in [0.2, 0.25) is 0 Å². The minimum absolute atomic E-state index is 0.115. The summed E-state index contributed by atoms with van der Waals surface area (Å²) in [6.45, 7) is 1.65. The third-order valence-corrected chi connectivity index (χ3v) is 4.69. The summed E-state index contributed by atoms with van der Waals surface area (Å²) in [7, 11) is 1.80. The summed E-state index contributed by atoms with van der Waals surface area (Å²) in [5.74, 6) is 0.718. The molecule has 1 amide bonds. The summed E-state index contributed by atoms with van der Waals surface area (Å²) < 4.78 is 19.7. The van der Waals surface area contributed by atoms with Crippen LogP contribution in [0, 0.1) is 5.82 Å². The third kappa shape index (κ3) is 3.08. The van der Waals surface area contributed by atoms with Crippen LogP contribution in [0.1, 0.15) is 12.0 Å². The molecule has 0 radical (unpaired) electrons. The van der Waals surface area contributed by atoms with Gasteiger partial charge in [-0.2, -0.15) is 0 Å². The predicted octanol–water partition coefficient (Wildman–Crippen LogP) is 1.80. The zero-order valence-electron chi connectivity index (χ0n) is 14.5. The van der Waals surface area contributed by atoms with Crippen molar-refractivity contribution in [2.45, 2.75) is 19.0 Å². The van der Waals surface area contributed by atoms with Crippen molar-refractivity contribution in [1.29, 1.82) is 0 Å². The van der Waals surface area contributed by atoms with Gasteiger partial charge in [-0.15, -0.1) is 0 Å². The highest BCUT2D eigenvalue weighted by Crippen LogP contribution is 2.31. The lowest BCUT2D eigenvalue weighted by Gasteiger charge is -2.22. The summed E-state index contributed by atoms with van der Waals surface area (Å²) in [6.07, 6.45) is 2.38. The second-order valence-corrected chi connectivity index (χ2v) is 6.52. The second kappa shape index (κ2) is 6.87. The molecule has 4 rings (SSSR count). The second-order valence-electron chi connectivity index (χ2n) is 6.52. The molecule has 3 heterocycles. The van der Waals surface area contributed by atoms with Gasteiger partial charge in [0.05, 0.1) is 37.0 Å². The molecule has 2 aromatic rings.